The lowest BCUT2D eigenvalue weighted by Crippen LogP contribution is -2.13. The monoisotopic (exact) mass is 374 g/mol. The van der Waals surface area contributed by atoms with Crippen molar-refractivity contribution in [1.82, 2.24) is 4.98 Å². The van der Waals surface area contributed by atoms with Gasteiger partial charge in [0, 0.05) is 37.2 Å². The van der Waals surface area contributed by atoms with Crippen LogP contribution < -0.4 is 16.0 Å². The summed E-state index contributed by atoms with van der Waals surface area (Å²) in [5, 5.41) is 8.80. The van der Waals surface area contributed by atoms with Gasteiger partial charge in [0.15, 0.2) is 0 Å². The molecule has 3 rings (SSSR count). The van der Waals surface area contributed by atoms with Crippen molar-refractivity contribution >= 4 is 28.9 Å². The molecule has 0 aliphatic carbocycles. The number of carbonyl (C=O) groups is 2. The summed E-state index contributed by atoms with van der Waals surface area (Å²) in [6, 6.07) is 16.9. The van der Waals surface area contributed by atoms with Crippen LogP contribution in [0.1, 0.15) is 28.4 Å². The highest BCUT2D eigenvalue weighted by molar-refractivity contribution is 6.04. The molecule has 0 saturated carbocycles. The van der Waals surface area contributed by atoms with Gasteiger partial charge in [0.25, 0.3) is 5.91 Å². The SMILES string of the molecule is CC(=O)Nc1ccc(NC(=O)c2cncc(NCc3cccc(C)c3)c2)cc1. The summed E-state index contributed by atoms with van der Waals surface area (Å²) in [7, 11) is 0. The predicted molar refractivity (Wildman–Crippen MR) is 111 cm³/mol. The van der Waals surface area contributed by atoms with Crippen molar-refractivity contribution in [2.75, 3.05) is 16.0 Å². The maximum Gasteiger partial charge on any atom is 0.257 e. The molecule has 0 spiro atoms. The van der Waals surface area contributed by atoms with E-state index in [-0.39, 0.29) is 11.8 Å². The molecule has 3 aromatic rings. The van der Waals surface area contributed by atoms with Crippen LogP contribution in [0.25, 0.3) is 0 Å². The largest absolute Gasteiger partial charge is 0.380 e. The summed E-state index contributed by atoms with van der Waals surface area (Å²) in [5.41, 5.74) is 4.91. The molecular formula is C22H22N4O2. The molecule has 0 aliphatic heterocycles. The van der Waals surface area contributed by atoms with Crippen molar-refractivity contribution in [1.29, 1.82) is 0 Å². The molecule has 1 aromatic heterocycles. The Labute approximate surface area is 164 Å². The van der Waals surface area contributed by atoms with E-state index in [2.05, 4.69) is 46.1 Å². The fraction of sp³-hybridized carbons (Fsp3) is 0.136. The van der Waals surface area contributed by atoms with E-state index in [0.717, 1.165) is 11.3 Å². The summed E-state index contributed by atoms with van der Waals surface area (Å²) in [6.45, 7) is 4.15. The van der Waals surface area contributed by atoms with E-state index < -0.39 is 0 Å². The number of hydrogen-bond donors (Lipinski definition) is 3. The van der Waals surface area contributed by atoms with Crippen molar-refractivity contribution in [3.8, 4) is 0 Å². The molecule has 0 radical (unpaired) electrons. The summed E-state index contributed by atoms with van der Waals surface area (Å²) in [4.78, 5) is 27.7. The van der Waals surface area contributed by atoms with Crippen LogP contribution in [0.4, 0.5) is 17.1 Å². The Balaban J connectivity index is 1.62. The van der Waals surface area contributed by atoms with Crippen LogP contribution in [0, 0.1) is 6.92 Å². The average molecular weight is 374 g/mol. The third kappa shape index (κ3) is 5.41. The lowest BCUT2D eigenvalue weighted by atomic mass is 10.1. The molecule has 28 heavy (non-hydrogen) atoms. The summed E-state index contributed by atoms with van der Waals surface area (Å²) < 4.78 is 0. The second-order valence-electron chi connectivity index (χ2n) is 6.52. The number of anilines is 3. The normalized spacial score (nSPS) is 10.2. The number of nitrogens with zero attached hydrogens (tertiary/aromatic N) is 1. The zero-order valence-corrected chi connectivity index (χ0v) is 15.8. The Kier molecular flexibility index (Phi) is 6.01. The number of rotatable bonds is 6. The van der Waals surface area contributed by atoms with Crippen LogP contribution in [0.2, 0.25) is 0 Å². The molecule has 0 aliphatic rings. The van der Waals surface area contributed by atoms with E-state index >= 15 is 0 Å². The zero-order chi connectivity index (χ0) is 19.9. The molecule has 6 heteroatoms. The molecule has 2 aromatic carbocycles. The molecule has 2 amide bonds. The Morgan fingerprint density at radius 2 is 1.61 bits per heavy atom. The van der Waals surface area contributed by atoms with Crippen LogP contribution in [0.3, 0.4) is 0 Å². The molecule has 0 fully saturated rings. The lowest BCUT2D eigenvalue weighted by Gasteiger charge is -2.10. The van der Waals surface area contributed by atoms with Gasteiger partial charge in [0.2, 0.25) is 5.91 Å². The van der Waals surface area contributed by atoms with E-state index in [9.17, 15) is 9.59 Å². The minimum Gasteiger partial charge on any atom is -0.380 e. The van der Waals surface area contributed by atoms with Gasteiger partial charge in [-0.15, -0.1) is 0 Å². The maximum absolute atomic E-state index is 12.5. The van der Waals surface area contributed by atoms with E-state index in [1.165, 1.54) is 18.7 Å². The molecule has 142 valence electrons. The maximum atomic E-state index is 12.5. The number of amides is 2. The lowest BCUT2D eigenvalue weighted by molar-refractivity contribution is -0.114. The van der Waals surface area contributed by atoms with E-state index in [4.69, 9.17) is 0 Å². The first kappa shape index (κ1) is 19.1. The number of aryl methyl sites for hydroxylation is 1. The number of aromatic nitrogens is 1. The van der Waals surface area contributed by atoms with Crippen molar-refractivity contribution in [2.45, 2.75) is 20.4 Å². The van der Waals surface area contributed by atoms with E-state index in [0.29, 0.717) is 23.5 Å². The first-order chi connectivity index (χ1) is 13.5. The number of benzene rings is 2. The number of carbonyl (C=O) groups excluding carboxylic acids is 2. The summed E-state index contributed by atoms with van der Waals surface area (Å²) in [5.74, 6) is -0.392. The predicted octanol–water partition coefficient (Wildman–Crippen LogP) is 4.21. The highest BCUT2D eigenvalue weighted by Gasteiger charge is 2.08. The van der Waals surface area contributed by atoms with Crippen molar-refractivity contribution in [3.05, 3.63) is 83.7 Å². The Bertz CT molecular complexity index is 984. The van der Waals surface area contributed by atoms with Gasteiger partial charge in [-0.2, -0.15) is 0 Å². The van der Waals surface area contributed by atoms with Gasteiger partial charge in [0.05, 0.1) is 11.3 Å². The standard InChI is InChI=1S/C22H22N4O2/c1-15-4-3-5-17(10-15)12-24-21-11-18(13-23-14-21)22(28)26-20-8-6-19(7-9-20)25-16(2)27/h3-11,13-14,24H,12H2,1-2H3,(H,25,27)(H,26,28). The van der Waals surface area contributed by atoms with Gasteiger partial charge < -0.3 is 16.0 Å². The second kappa shape index (κ2) is 8.81. The number of nitrogens with one attached hydrogen (secondary N) is 3. The molecule has 0 bridgehead atoms. The zero-order valence-electron chi connectivity index (χ0n) is 15.8. The van der Waals surface area contributed by atoms with Crippen LogP contribution in [0.5, 0.6) is 0 Å². The second-order valence-corrected chi connectivity index (χ2v) is 6.52. The summed E-state index contributed by atoms with van der Waals surface area (Å²) in [6.07, 6.45) is 3.22. The average Bonchev–Trinajstić information content (AvgIpc) is 2.68. The van der Waals surface area contributed by atoms with Crippen LogP contribution in [0.15, 0.2) is 67.0 Å². The molecule has 6 nitrogen and oxygen atoms in total. The Morgan fingerprint density at radius 3 is 2.29 bits per heavy atom. The quantitative estimate of drug-likeness (QED) is 0.603. The van der Waals surface area contributed by atoms with Crippen LogP contribution >= 0.6 is 0 Å². The Hall–Kier alpha value is -3.67. The highest BCUT2D eigenvalue weighted by atomic mass is 16.2. The first-order valence-electron chi connectivity index (χ1n) is 8.93. The number of hydrogen-bond acceptors (Lipinski definition) is 4. The topological polar surface area (TPSA) is 83.1 Å². The van der Waals surface area contributed by atoms with Crippen LogP contribution in [-0.4, -0.2) is 16.8 Å². The van der Waals surface area contributed by atoms with Gasteiger partial charge in [-0.05, 0) is 42.8 Å². The number of pyridine rings is 1. The summed E-state index contributed by atoms with van der Waals surface area (Å²) >= 11 is 0. The van der Waals surface area contributed by atoms with Gasteiger partial charge in [-0.1, -0.05) is 29.8 Å². The van der Waals surface area contributed by atoms with Gasteiger partial charge in [-0.25, -0.2) is 0 Å². The van der Waals surface area contributed by atoms with E-state index in [1.54, 1.807) is 36.5 Å². The Morgan fingerprint density at radius 1 is 0.893 bits per heavy atom. The van der Waals surface area contributed by atoms with Gasteiger partial charge >= 0.3 is 0 Å². The fourth-order valence-electron chi connectivity index (χ4n) is 2.73. The smallest absolute Gasteiger partial charge is 0.257 e. The minimum absolute atomic E-state index is 0.141. The molecule has 3 N–H and O–H groups in total. The van der Waals surface area contributed by atoms with Crippen molar-refractivity contribution < 1.29 is 9.59 Å². The van der Waals surface area contributed by atoms with Crippen molar-refractivity contribution in [3.63, 3.8) is 0 Å². The van der Waals surface area contributed by atoms with Gasteiger partial charge in [0.1, 0.15) is 0 Å². The molecule has 0 saturated heterocycles. The molecule has 1 heterocycles. The molecular weight excluding hydrogens is 352 g/mol. The highest BCUT2D eigenvalue weighted by Crippen LogP contribution is 2.16. The van der Waals surface area contributed by atoms with Crippen molar-refractivity contribution in [2.24, 2.45) is 0 Å². The van der Waals surface area contributed by atoms with E-state index in [1.807, 2.05) is 6.07 Å². The minimum atomic E-state index is -0.251. The first-order valence-corrected chi connectivity index (χ1v) is 8.93. The third-order valence-electron chi connectivity index (χ3n) is 4.04. The van der Waals surface area contributed by atoms with Crippen LogP contribution in [-0.2, 0) is 11.3 Å². The van der Waals surface area contributed by atoms with Gasteiger partial charge in [-0.3, -0.25) is 14.6 Å². The fourth-order valence-corrected chi connectivity index (χ4v) is 2.73. The third-order valence-corrected chi connectivity index (χ3v) is 4.04. The molecule has 0 atom stereocenters. The molecule has 0 unspecified atom stereocenters.